The molecule has 3 amide bonds. The van der Waals surface area contributed by atoms with Crippen molar-refractivity contribution in [2.24, 2.45) is 11.8 Å². The molecule has 0 radical (unpaired) electrons. The summed E-state index contributed by atoms with van der Waals surface area (Å²) in [5.74, 6) is -7.17. The summed E-state index contributed by atoms with van der Waals surface area (Å²) >= 11 is 0. The molecule has 2 aliphatic carbocycles. The number of anilines is 2. The van der Waals surface area contributed by atoms with E-state index in [1.165, 1.54) is 69.7 Å². The molecule has 21 nitrogen and oxygen atoms in total. The molecule has 2 aliphatic heterocycles. The van der Waals surface area contributed by atoms with Crippen molar-refractivity contribution >= 4 is 58.9 Å². The molecule has 23 heteroatoms. The molecule has 0 aromatic heterocycles. The van der Waals surface area contributed by atoms with E-state index in [9.17, 15) is 38.0 Å². The number of benzene rings is 3. The van der Waals surface area contributed by atoms with Gasteiger partial charge >= 0.3 is 29.8 Å². The smallest absolute Gasteiger partial charge is 0.347 e. The molecule has 3 aromatic carbocycles. The maximum Gasteiger partial charge on any atom is 0.347 e. The minimum absolute atomic E-state index is 0.0103. The van der Waals surface area contributed by atoms with Crippen molar-refractivity contribution in [2.75, 3.05) is 90.6 Å². The zero-order valence-electron chi connectivity index (χ0n) is 53.8. The van der Waals surface area contributed by atoms with E-state index < -0.39 is 114 Å². The first-order valence-corrected chi connectivity index (χ1v) is 31.4. The normalized spacial score (nSPS) is 18.0. The Morgan fingerprint density at radius 2 is 0.922 bits per heavy atom. The van der Waals surface area contributed by atoms with Crippen LogP contribution in [0, 0.1) is 11.8 Å². The second kappa shape index (κ2) is 32.2. The van der Waals surface area contributed by atoms with Crippen molar-refractivity contribution in [1.29, 1.82) is 0 Å². The Kier molecular flexibility index (Phi) is 25.1. The maximum absolute atomic E-state index is 16.0. The monoisotopic (exact) mass is 1260 g/mol. The average molecular weight is 1260 g/mol. The molecule has 7 rings (SSSR count). The van der Waals surface area contributed by atoms with E-state index >= 15 is 9.18 Å². The number of nitrogens with zero attached hydrogens (tertiary/aromatic N) is 5. The van der Waals surface area contributed by atoms with Gasteiger partial charge in [0, 0.05) is 84.4 Å². The van der Waals surface area contributed by atoms with Gasteiger partial charge in [-0.25, -0.2) is 28.0 Å². The Hall–Kier alpha value is -7.24. The quantitative estimate of drug-likeness (QED) is 0.0518. The van der Waals surface area contributed by atoms with Crippen LogP contribution in [0.15, 0.2) is 78.9 Å². The lowest BCUT2D eigenvalue weighted by Crippen LogP contribution is -2.54. The first-order valence-electron chi connectivity index (χ1n) is 31.4. The highest BCUT2D eigenvalue weighted by molar-refractivity contribution is 5.93. The average Bonchev–Trinajstić information content (AvgIpc) is 1.46. The molecular formula is C67H92F2N6O15. The molecule has 2 heterocycles. The summed E-state index contributed by atoms with van der Waals surface area (Å²) < 4.78 is 71.0. The fourth-order valence-corrected chi connectivity index (χ4v) is 11.0. The zero-order chi connectivity index (χ0) is 65.5. The number of carbonyl (C=O) groups is 8. The van der Waals surface area contributed by atoms with Gasteiger partial charge in [-0.15, -0.1) is 0 Å². The van der Waals surface area contributed by atoms with Crippen molar-refractivity contribution in [1.82, 2.24) is 20.0 Å². The van der Waals surface area contributed by atoms with Gasteiger partial charge in [0.2, 0.25) is 0 Å². The predicted octanol–water partition coefficient (Wildman–Crippen LogP) is 6.52. The number of amides is 3. The number of likely N-dealkylation sites (N-methyl/N-ethyl adjacent to an activating group) is 4. The standard InChI is InChI=1S/C67H92F2N6O15/c1-43(87-63(81)53(36-45-16-17-45)71(8)59(77)56(89-62(80)52(70-7)40-66(3,4)68)38-47-20-24-50(25-21-47)74-28-32-84-33-29-74)58(76)73(10)55(41-67(5,6)69)65(83)90-57(39-48-22-26-51(27-23-48)75-30-34-85-35-31-75)60(78)72(9)54(37-46-18-19-46)64(82)88-44(2)61(79)86-42-49-14-12-11-13-15-49/h11-15,20-27,43-46,52-57,70H,16-19,28-42H2,1-10H3/t43-,44-,52+,53+,54+,55+,56-,57?/m1/s1. The fraction of sp³-hybridized carbons (Fsp3) is 0.612. The predicted molar refractivity (Wildman–Crippen MR) is 330 cm³/mol. The summed E-state index contributed by atoms with van der Waals surface area (Å²) in [5, 5.41) is 2.79. The molecule has 3 aromatic rings. The molecule has 4 aliphatic rings. The highest BCUT2D eigenvalue weighted by Crippen LogP contribution is 2.37. The number of nitrogens with one attached hydrogen (secondary N) is 1. The van der Waals surface area contributed by atoms with Gasteiger partial charge in [-0.2, -0.15) is 0 Å². The number of esters is 5. The topological polar surface area (TPSA) is 229 Å². The van der Waals surface area contributed by atoms with Crippen LogP contribution in [0.4, 0.5) is 20.2 Å². The largest absolute Gasteiger partial charge is 0.458 e. The maximum atomic E-state index is 16.0. The van der Waals surface area contributed by atoms with Crippen LogP contribution in [-0.2, 0) is 91.0 Å². The van der Waals surface area contributed by atoms with E-state index in [0.717, 1.165) is 57.3 Å². The second-order valence-corrected chi connectivity index (χ2v) is 25.5. The molecule has 0 bridgehead atoms. The lowest BCUT2D eigenvalue weighted by Gasteiger charge is -2.34. The first kappa shape index (κ1) is 70.2. The molecule has 494 valence electrons. The molecule has 0 spiro atoms. The van der Waals surface area contributed by atoms with Gasteiger partial charge < -0.3 is 63.0 Å². The summed E-state index contributed by atoms with van der Waals surface area (Å²) in [6.07, 6.45) is -3.98. The molecule has 1 unspecified atom stereocenters. The summed E-state index contributed by atoms with van der Waals surface area (Å²) in [6, 6.07) is 18.3. The lowest BCUT2D eigenvalue weighted by molar-refractivity contribution is -0.176. The van der Waals surface area contributed by atoms with E-state index in [0.29, 0.717) is 63.7 Å². The summed E-state index contributed by atoms with van der Waals surface area (Å²) in [7, 11) is 5.45. The SMILES string of the molecule is CN[C@@H](CC(C)(C)F)C(=O)O[C@H](Cc1ccc(N2CCOCC2)cc1)C(=O)N(C)[C@@H](CC1CC1)C(=O)O[C@H](C)C(=O)N(C)[C@@H](CC(C)(C)F)C(=O)OC(Cc1ccc(N2CCOCC2)cc1)C(=O)N(C)[C@@H](CC1CC1)C(=O)O[C@H](C)C(=O)OCc1ccccc1. The Morgan fingerprint density at radius 3 is 1.33 bits per heavy atom. The number of hydrogen-bond acceptors (Lipinski definition) is 18. The van der Waals surface area contributed by atoms with Gasteiger partial charge in [-0.05, 0) is 114 Å². The summed E-state index contributed by atoms with van der Waals surface area (Å²) in [4.78, 5) is 122. The van der Waals surface area contributed by atoms with Gasteiger partial charge in [0.1, 0.15) is 42.1 Å². The number of carbonyl (C=O) groups excluding carboxylic acids is 8. The van der Waals surface area contributed by atoms with Gasteiger partial charge in [-0.3, -0.25) is 19.2 Å². The van der Waals surface area contributed by atoms with Crippen LogP contribution in [0.5, 0.6) is 0 Å². The molecule has 2 saturated carbocycles. The lowest BCUT2D eigenvalue weighted by atomic mass is 9.99. The summed E-state index contributed by atoms with van der Waals surface area (Å²) in [6.45, 7) is 12.6. The van der Waals surface area contributed by atoms with E-state index in [-0.39, 0.29) is 50.5 Å². The van der Waals surface area contributed by atoms with Crippen LogP contribution in [0.1, 0.15) is 110 Å². The van der Waals surface area contributed by atoms with Crippen LogP contribution < -0.4 is 15.1 Å². The highest BCUT2D eigenvalue weighted by Gasteiger charge is 2.44. The van der Waals surface area contributed by atoms with Crippen molar-refractivity contribution in [3.8, 4) is 0 Å². The van der Waals surface area contributed by atoms with Crippen LogP contribution in [0.2, 0.25) is 0 Å². The second-order valence-electron chi connectivity index (χ2n) is 25.5. The van der Waals surface area contributed by atoms with Crippen LogP contribution >= 0.6 is 0 Å². The van der Waals surface area contributed by atoms with Crippen molar-refractivity contribution < 1.29 is 80.3 Å². The first-order chi connectivity index (χ1) is 42.7. The third kappa shape index (κ3) is 21.2. The fourth-order valence-electron chi connectivity index (χ4n) is 11.0. The van der Waals surface area contributed by atoms with Crippen LogP contribution in [0.3, 0.4) is 0 Å². The number of halogens is 2. The van der Waals surface area contributed by atoms with Gasteiger partial charge in [0.25, 0.3) is 17.7 Å². The number of ether oxygens (including phenoxy) is 7. The molecule has 2 saturated heterocycles. The van der Waals surface area contributed by atoms with Gasteiger partial charge in [-0.1, -0.05) is 80.3 Å². The minimum Gasteiger partial charge on any atom is -0.458 e. The van der Waals surface area contributed by atoms with Crippen molar-refractivity contribution in [3.05, 3.63) is 95.6 Å². The zero-order valence-corrected chi connectivity index (χ0v) is 53.8. The number of morpholine rings is 2. The summed E-state index contributed by atoms with van der Waals surface area (Å²) in [5.41, 5.74) is -0.158. The van der Waals surface area contributed by atoms with E-state index in [4.69, 9.17) is 33.2 Å². The van der Waals surface area contributed by atoms with Crippen LogP contribution in [0.25, 0.3) is 0 Å². The van der Waals surface area contributed by atoms with E-state index in [1.807, 2.05) is 42.5 Å². The van der Waals surface area contributed by atoms with Gasteiger partial charge in [0.15, 0.2) is 24.4 Å². The Morgan fingerprint density at radius 1 is 0.522 bits per heavy atom. The molecule has 4 fully saturated rings. The molecular weight excluding hydrogens is 1170 g/mol. The third-order valence-corrected chi connectivity index (χ3v) is 16.8. The Labute approximate surface area is 527 Å². The number of alkyl halides is 2. The molecule has 8 atom stereocenters. The number of hydrogen-bond donors (Lipinski definition) is 1. The molecule has 1 N–H and O–H groups in total. The minimum atomic E-state index is -2.12. The van der Waals surface area contributed by atoms with Crippen molar-refractivity contribution in [2.45, 2.75) is 172 Å². The number of rotatable bonds is 32. The highest BCUT2D eigenvalue weighted by atomic mass is 19.1. The Bertz CT molecular complexity index is 2890. The van der Waals surface area contributed by atoms with Crippen molar-refractivity contribution in [3.63, 3.8) is 0 Å². The molecule has 90 heavy (non-hydrogen) atoms. The third-order valence-electron chi connectivity index (χ3n) is 16.8. The van der Waals surface area contributed by atoms with E-state index in [1.54, 1.807) is 36.4 Å². The van der Waals surface area contributed by atoms with Crippen LogP contribution in [-0.4, -0.2) is 203 Å². The Balaban J connectivity index is 1.09. The van der Waals surface area contributed by atoms with Gasteiger partial charge in [0.05, 0.1) is 26.4 Å². The van der Waals surface area contributed by atoms with E-state index in [2.05, 4.69) is 15.1 Å².